The molecule has 0 radical (unpaired) electrons. The van der Waals surface area contributed by atoms with Crippen LogP contribution in [0.2, 0.25) is 0 Å². The number of aromatic carboxylic acids is 1. The summed E-state index contributed by atoms with van der Waals surface area (Å²) in [7, 11) is 0. The van der Waals surface area contributed by atoms with Crippen molar-refractivity contribution in [3.8, 4) is 11.1 Å². The Bertz CT molecular complexity index is 1050. The van der Waals surface area contributed by atoms with E-state index in [0.717, 1.165) is 36.2 Å². The lowest BCUT2D eigenvalue weighted by Gasteiger charge is -2.09. The lowest BCUT2D eigenvalue weighted by Crippen LogP contribution is -2.25. The molecule has 3 rings (SSSR count). The Morgan fingerprint density at radius 1 is 1.00 bits per heavy atom. The van der Waals surface area contributed by atoms with Gasteiger partial charge < -0.3 is 5.11 Å². The van der Waals surface area contributed by atoms with E-state index in [2.05, 4.69) is 12.0 Å². The van der Waals surface area contributed by atoms with E-state index in [-0.39, 0.29) is 11.3 Å². The highest BCUT2D eigenvalue weighted by Crippen LogP contribution is 2.24. The molecule has 1 N–H and O–H groups in total. The van der Waals surface area contributed by atoms with Crippen LogP contribution in [0.4, 0.5) is 0 Å². The van der Waals surface area contributed by atoms with Crippen LogP contribution in [0.1, 0.15) is 61.3 Å². The Hall–Kier alpha value is -3.15. The molecule has 0 aliphatic carbocycles. The van der Waals surface area contributed by atoms with Crippen molar-refractivity contribution in [2.24, 2.45) is 0 Å². The van der Waals surface area contributed by atoms with Crippen LogP contribution in [0.15, 0.2) is 53.3 Å². The summed E-state index contributed by atoms with van der Waals surface area (Å²) in [5.74, 6) is -0.112. The second kappa shape index (κ2) is 10.1. The van der Waals surface area contributed by atoms with Gasteiger partial charge >= 0.3 is 11.7 Å². The number of benzene rings is 2. The molecule has 6 nitrogen and oxygen atoms in total. The minimum atomic E-state index is -0.944. The summed E-state index contributed by atoms with van der Waals surface area (Å²) in [4.78, 5) is 24.2. The van der Waals surface area contributed by atoms with Gasteiger partial charge in [-0.15, -0.1) is 0 Å². The molecule has 0 amide bonds. The number of carbonyl (C=O) groups is 1. The van der Waals surface area contributed by atoms with E-state index in [0.29, 0.717) is 18.7 Å². The molecule has 30 heavy (non-hydrogen) atoms. The zero-order chi connectivity index (χ0) is 21.5. The van der Waals surface area contributed by atoms with Crippen LogP contribution in [0.25, 0.3) is 11.1 Å². The van der Waals surface area contributed by atoms with Gasteiger partial charge in [0.1, 0.15) is 5.82 Å². The molecule has 0 saturated heterocycles. The Balaban J connectivity index is 1.83. The molecule has 0 aliphatic rings. The third-order valence-corrected chi connectivity index (χ3v) is 5.32. The van der Waals surface area contributed by atoms with Crippen LogP contribution in [0, 0.1) is 0 Å². The SMILES string of the molecule is CCCCCCc1nn(CC)c(=O)n1Cc1ccc(-c2ccccc2C(=O)O)cc1. The second-order valence-corrected chi connectivity index (χ2v) is 7.46. The predicted molar refractivity (Wildman–Crippen MR) is 118 cm³/mol. The van der Waals surface area contributed by atoms with E-state index >= 15 is 0 Å². The van der Waals surface area contributed by atoms with E-state index in [1.165, 1.54) is 17.5 Å². The van der Waals surface area contributed by atoms with Gasteiger partial charge in [-0.1, -0.05) is 68.7 Å². The molecule has 6 heteroatoms. The van der Waals surface area contributed by atoms with Gasteiger partial charge in [0.05, 0.1) is 12.1 Å². The average Bonchev–Trinajstić information content (AvgIpc) is 3.06. The number of nitrogens with zero attached hydrogens (tertiary/aromatic N) is 3. The molecular formula is C24H29N3O3. The van der Waals surface area contributed by atoms with Crippen molar-refractivity contribution in [3.05, 3.63) is 76.0 Å². The average molecular weight is 408 g/mol. The monoisotopic (exact) mass is 407 g/mol. The fourth-order valence-corrected chi connectivity index (χ4v) is 3.64. The lowest BCUT2D eigenvalue weighted by molar-refractivity contribution is 0.0697. The number of unbranched alkanes of at least 4 members (excludes halogenated alkanes) is 3. The normalized spacial score (nSPS) is 11.0. The Labute approximate surface area is 176 Å². The molecule has 0 saturated carbocycles. The first-order valence-corrected chi connectivity index (χ1v) is 10.6. The van der Waals surface area contributed by atoms with Crippen LogP contribution in [-0.2, 0) is 19.5 Å². The number of hydrogen-bond donors (Lipinski definition) is 1. The Morgan fingerprint density at radius 3 is 2.40 bits per heavy atom. The van der Waals surface area contributed by atoms with E-state index in [9.17, 15) is 14.7 Å². The molecule has 1 heterocycles. The minimum Gasteiger partial charge on any atom is -0.478 e. The summed E-state index contributed by atoms with van der Waals surface area (Å²) in [6.45, 7) is 5.12. The van der Waals surface area contributed by atoms with Crippen molar-refractivity contribution in [1.82, 2.24) is 14.3 Å². The van der Waals surface area contributed by atoms with Crippen molar-refractivity contribution in [1.29, 1.82) is 0 Å². The number of carboxylic acid groups (broad SMARTS) is 1. The standard InChI is InChI=1S/C24H29N3O3/c1-3-5-6-7-12-22-25-27(4-2)24(30)26(22)17-18-13-15-19(16-14-18)20-10-8-9-11-21(20)23(28)29/h8-11,13-16H,3-7,12,17H2,1-2H3,(H,28,29). The van der Waals surface area contributed by atoms with Crippen LogP contribution < -0.4 is 5.69 Å². The van der Waals surface area contributed by atoms with Crippen molar-refractivity contribution in [3.63, 3.8) is 0 Å². The molecule has 0 spiro atoms. The number of aryl methyl sites for hydroxylation is 2. The lowest BCUT2D eigenvalue weighted by atomic mass is 9.99. The minimum absolute atomic E-state index is 0.0803. The third-order valence-electron chi connectivity index (χ3n) is 5.32. The predicted octanol–water partition coefficient (Wildman–Crippen LogP) is 4.60. The summed E-state index contributed by atoms with van der Waals surface area (Å²) in [5.41, 5.74) is 2.71. The number of carboxylic acids is 1. The van der Waals surface area contributed by atoms with E-state index in [1.54, 1.807) is 16.7 Å². The van der Waals surface area contributed by atoms with Crippen molar-refractivity contribution >= 4 is 5.97 Å². The highest BCUT2D eigenvalue weighted by atomic mass is 16.4. The molecule has 0 bridgehead atoms. The number of hydrogen-bond acceptors (Lipinski definition) is 3. The number of aromatic nitrogens is 3. The highest BCUT2D eigenvalue weighted by Gasteiger charge is 2.14. The first kappa shape index (κ1) is 21.6. The Morgan fingerprint density at radius 2 is 1.73 bits per heavy atom. The van der Waals surface area contributed by atoms with Gasteiger partial charge in [-0.2, -0.15) is 5.10 Å². The van der Waals surface area contributed by atoms with E-state index < -0.39 is 5.97 Å². The maximum absolute atomic E-state index is 12.7. The third kappa shape index (κ3) is 4.87. The van der Waals surface area contributed by atoms with Crippen LogP contribution in [0.5, 0.6) is 0 Å². The smallest absolute Gasteiger partial charge is 0.346 e. The van der Waals surface area contributed by atoms with E-state index in [1.807, 2.05) is 43.3 Å². The second-order valence-electron chi connectivity index (χ2n) is 7.46. The zero-order valence-electron chi connectivity index (χ0n) is 17.7. The first-order chi connectivity index (χ1) is 14.5. The van der Waals surface area contributed by atoms with Gasteiger partial charge in [0.25, 0.3) is 0 Å². The van der Waals surface area contributed by atoms with Gasteiger partial charge in [0.2, 0.25) is 0 Å². The van der Waals surface area contributed by atoms with Crippen LogP contribution in [0.3, 0.4) is 0 Å². The fourth-order valence-electron chi connectivity index (χ4n) is 3.64. The van der Waals surface area contributed by atoms with Crippen molar-refractivity contribution < 1.29 is 9.90 Å². The number of rotatable bonds is 10. The van der Waals surface area contributed by atoms with Crippen LogP contribution in [-0.4, -0.2) is 25.4 Å². The zero-order valence-corrected chi connectivity index (χ0v) is 17.7. The van der Waals surface area contributed by atoms with Crippen molar-refractivity contribution in [2.75, 3.05) is 0 Å². The summed E-state index contributed by atoms with van der Waals surface area (Å²) >= 11 is 0. The molecule has 0 unspecified atom stereocenters. The summed E-state index contributed by atoms with van der Waals surface area (Å²) in [6, 6.07) is 14.7. The maximum Gasteiger partial charge on any atom is 0.346 e. The van der Waals surface area contributed by atoms with Gasteiger partial charge in [-0.25, -0.2) is 14.3 Å². The van der Waals surface area contributed by atoms with Gasteiger partial charge in [-0.3, -0.25) is 4.57 Å². The first-order valence-electron chi connectivity index (χ1n) is 10.6. The molecule has 3 aromatic rings. The molecule has 158 valence electrons. The molecular weight excluding hydrogens is 378 g/mol. The van der Waals surface area contributed by atoms with Crippen molar-refractivity contribution in [2.45, 2.75) is 59.0 Å². The van der Waals surface area contributed by atoms with Crippen LogP contribution >= 0.6 is 0 Å². The summed E-state index contributed by atoms with van der Waals surface area (Å²) in [5, 5.41) is 13.9. The van der Waals surface area contributed by atoms with Gasteiger partial charge in [-0.05, 0) is 36.1 Å². The van der Waals surface area contributed by atoms with Gasteiger partial charge in [0, 0.05) is 13.0 Å². The fraction of sp³-hybridized carbons (Fsp3) is 0.375. The maximum atomic E-state index is 12.7. The molecule has 2 aromatic carbocycles. The molecule has 0 atom stereocenters. The quantitative estimate of drug-likeness (QED) is 0.498. The Kier molecular flexibility index (Phi) is 7.22. The van der Waals surface area contributed by atoms with Gasteiger partial charge in [0.15, 0.2) is 0 Å². The molecule has 1 aromatic heterocycles. The topological polar surface area (TPSA) is 77.1 Å². The molecule has 0 aliphatic heterocycles. The van der Waals surface area contributed by atoms with E-state index in [4.69, 9.17) is 0 Å². The summed E-state index contributed by atoms with van der Waals surface area (Å²) < 4.78 is 3.28. The molecule has 0 fully saturated rings. The largest absolute Gasteiger partial charge is 0.478 e. The highest BCUT2D eigenvalue weighted by molar-refractivity contribution is 5.95. The summed E-state index contributed by atoms with van der Waals surface area (Å²) in [6.07, 6.45) is 5.33.